The predicted octanol–water partition coefficient (Wildman–Crippen LogP) is 2.51. The van der Waals surface area contributed by atoms with Crippen molar-refractivity contribution in [1.82, 2.24) is 5.48 Å². The van der Waals surface area contributed by atoms with Crippen molar-refractivity contribution in [1.29, 1.82) is 0 Å². The van der Waals surface area contributed by atoms with Crippen molar-refractivity contribution in [3.05, 3.63) is 34.1 Å². The molecule has 0 amide bonds. The Kier molecular flexibility index (Phi) is 3.99. The van der Waals surface area contributed by atoms with Crippen molar-refractivity contribution in [3.8, 4) is 0 Å². The van der Waals surface area contributed by atoms with Crippen molar-refractivity contribution in [2.75, 3.05) is 6.61 Å². The van der Waals surface area contributed by atoms with E-state index in [0.717, 1.165) is 4.47 Å². The average Bonchev–Trinajstić information content (AvgIpc) is 2.78. The van der Waals surface area contributed by atoms with E-state index in [-0.39, 0.29) is 24.1 Å². The lowest BCUT2D eigenvalue weighted by atomic mass is 9.82. The Bertz CT molecular complexity index is 462. The summed E-state index contributed by atoms with van der Waals surface area (Å²) in [6.45, 7) is 0.517. The van der Waals surface area contributed by atoms with Gasteiger partial charge < -0.3 is 9.94 Å². The van der Waals surface area contributed by atoms with Crippen LogP contribution in [0, 0.1) is 11.7 Å². The molecule has 6 heteroatoms. The van der Waals surface area contributed by atoms with E-state index < -0.39 is 11.6 Å². The van der Waals surface area contributed by atoms with Crippen molar-refractivity contribution in [2.45, 2.75) is 24.5 Å². The van der Waals surface area contributed by atoms with Gasteiger partial charge in [-0.1, -0.05) is 15.9 Å². The third kappa shape index (κ3) is 2.08. The summed E-state index contributed by atoms with van der Waals surface area (Å²) in [4.78, 5) is 5.27. The zero-order valence-corrected chi connectivity index (χ0v) is 11.9. The molecule has 0 unspecified atom stereocenters. The lowest BCUT2D eigenvalue weighted by Gasteiger charge is -2.28. The van der Waals surface area contributed by atoms with Crippen LogP contribution in [0.15, 0.2) is 22.7 Å². The normalized spacial score (nSPS) is 34.2. The van der Waals surface area contributed by atoms with Gasteiger partial charge in [-0.3, -0.25) is 0 Å². The van der Waals surface area contributed by atoms with Gasteiger partial charge in [0.15, 0.2) is 0 Å². The molecular weight excluding hydrogens is 324 g/mol. The van der Waals surface area contributed by atoms with Crippen LogP contribution in [-0.4, -0.2) is 17.8 Å². The molecule has 0 radical (unpaired) electrons. The summed E-state index contributed by atoms with van der Waals surface area (Å²) in [5.74, 6) is -0.133. The highest BCUT2D eigenvalue weighted by Gasteiger charge is 2.53. The molecule has 1 heterocycles. The van der Waals surface area contributed by atoms with E-state index in [1.165, 1.54) is 6.07 Å². The number of hydroxylamine groups is 1. The molecule has 3 rings (SSSR count). The largest absolute Gasteiger partial charge is 0.393 e. The fourth-order valence-electron chi connectivity index (χ4n) is 2.98. The van der Waals surface area contributed by atoms with Gasteiger partial charge in [0, 0.05) is 16.0 Å². The Balaban J connectivity index is 0.00000120. The Morgan fingerprint density at radius 3 is 3.06 bits per heavy atom. The summed E-state index contributed by atoms with van der Waals surface area (Å²) < 4.78 is 14.8. The molecule has 1 aromatic rings. The highest BCUT2D eigenvalue weighted by atomic mass is 79.9. The van der Waals surface area contributed by atoms with E-state index in [4.69, 9.17) is 4.84 Å². The number of benzene rings is 1. The summed E-state index contributed by atoms with van der Waals surface area (Å²) in [5, 5.41) is 9.79. The number of hydrogen-bond donors (Lipinski definition) is 2. The van der Waals surface area contributed by atoms with Gasteiger partial charge in [0.25, 0.3) is 0 Å². The first-order valence-corrected chi connectivity index (χ1v) is 6.44. The second-order valence-electron chi connectivity index (χ2n) is 4.80. The van der Waals surface area contributed by atoms with Crippen LogP contribution >= 0.6 is 28.3 Å². The molecule has 18 heavy (non-hydrogen) atoms. The van der Waals surface area contributed by atoms with Gasteiger partial charge >= 0.3 is 0 Å². The van der Waals surface area contributed by atoms with Crippen LogP contribution in [0.5, 0.6) is 0 Å². The molecule has 2 aliphatic rings. The summed E-state index contributed by atoms with van der Waals surface area (Å²) in [6.07, 6.45) is 0.749. The van der Waals surface area contributed by atoms with Gasteiger partial charge in [-0.25, -0.2) is 4.39 Å². The summed E-state index contributed by atoms with van der Waals surface area (Å²) in [5.41, 5.74) is 2.92. The Morgan fingerprint density at radius 2 is 2.28 bits per heavy atom. The van der Waals surface area contributed by atoms with Gasteiger partial charge in [0.1, 0.15) is 5.82 Å². The number of halogens is 3. The van der Waals surface area contributed by atoms with Gasteiger partial charge in [-0.2, -0.15) is 5.48 Å². The molecule has 1 aliphatic carbocycles. The second-order valence-corrected chi connectivity index (χ2v) is 5.71. The lowest BCUT2D eigenvalue weighted by molar-refractivity contribution is 0.0385. The first-order valence-electron chi connectivity index (χ1n) is 5.64. The fourth-order valence-corrected chi connectivity index (χ4v) is 3.34. The zero-order chi connectivity index (χ0) is 12.0. The minimum absolute atomic E-state index is 0. The van der Waals surface area contributed by atoms with Crippen LogP contribution in [-0.2, 0) is 10.4 Å². The first-order chi connectivity index (χ1) is 8.12. The molecule has 2 fully saturated rings. The molecule has 1 aromatic carbocycles. The third-order valence-corrected chi connectivity index (χ3v) is 4.25. The van der Waals surface area contributed by atoms with Crippen LogP contribution in [0.25, 0.3) is 0 Å². The number of nitrogens with one attached hydrogen (secondary N) is 1. The molecule has 100 valence electrons. The van der Waals surface area contributed by atoms with Gasteiger partial charge in [0.2, 0.25) is 0 Å². The molecule has 1 saturated carbocycles. The Morgan fingerprint density at radius 1 is 1.50 bits per heavy atom. The topological polar surface area (TPSA) is 41.5 Å². The van der Waals surface area contributed by atoms with Gasteiger partial charge in [-0.05, 0) is 31.0 Å². The van der Waals surface area contributed by atoms with E-state index in [1.54, 1.807) is 12.1 Å². The molecule has 1 aliphatic heterocycles. The van der Waals surface area contributed by atoms with Crippen molar-refractivity contribution in [3.63, 3.8) is 0 Å². The monoisotopic (exact) mass is 337 g/mol. The maximum atomic E-state index is 14.0. The predicted molar refractivity (Wildman–Crippen MR) is 70.8 cm³/mol. The van der Waals surface area contributed by atoms with Crippen molar-refractivity contribution >= 4 is 28.3 Å². The van der Waals surface area contributed by atoms with Crippen LogP contribution in [0.1, 0.15) is 18.4 Å². The molecule has 1 saturated heterocycles. The number of aliphatic hydroxyl groups is 1. The summed E-state index contributed by atoms with van der Waals surface area (Å²) in [7, 11) is 0. The van der Waals surface area contributed by atoms with E-state index in [0.29, 0.717) is 25.0 Å². The van der Waals surface area contributed by atoms with Crippen LogP contribution in [0.2, 0.25) is 0 Å². The van der Waals surface area contributed by atoms with E-state index >= 15 is 0 Å². The summed E-state index contributed by atoms with van der Waals surface area (Å²) >= 11 is 3.35. The lowest BCUT2D eigenvalue weighted by Crippen LogP contribution is -2.39. The molecule has 0 aromatic heterocycles. The SMILES string of the molecule is Cl.O[C@H]1C[C@H]2CON[C@@]2(c2cc(Br)ccc2F)C1. The smallest absolute Gasteiger partial charge is 0.128 e. The standard InChI is InChI=1S/C12H13BrFNO2.ClH/c13-8-1-2-11(14)10(4-8)12-5-9(16)3-7(12)6-17-15-12;/h1-2,4,7,9,15-16H,3,5-6H2;1H/t7-,9-,12-;/m0./s1. The zero-order valence-electron chi connectivity index (χ0n) is 9.53. The molecular formula is C12H14BrClFNO2. The van der Waals surface area contributed by atoms with Crippen molar-refractivity contribution < 1.29 is 14.3 Å². The summed E-state index contributed by atoms with van der Waals surface area (Å²) in [6, 6.07) is 4.88. The molecule has 2 N–H and O–H groups in total. The number of aliphatic hydroxyl groups excluding tert-OH is 1. The molecule has 3 nitrogen and oxygen atoms in total. The quantitative estimate of drug-likeness (QED) is 0.827. The van der Waals surface area contributed by atoms with E-state index in [2.05, 4.69) is 21.4 Å². The average molecular weight is 339 g/mol. The third-order valence-electron chi connectivity index (χ3n) is 3.76. The van der Waals surface area contributed by atoms with E-state index in [1.807, 2.05) is 0 Å². The highest BCUT2D eigenvalue weighted by Crippen LogP contribution is 2.47. The number of rotatable bonds is 1. The second kappa shape index (κ2) is 5.06. The van der Waals surface area contributed by atoms with Crippen LogP contribution < -0.4 is 5.48 Å². The number of hydrogen-bond acceptors (Lipinski definition) is 3. The minimum Gasteiger partial charge on any atom is -0.393 e. The van der Waals surface area contributed by atoms with Crippen LogP contribution in [0.3, 0.4) is 0 Å². The molecule has 0 bridgehead atoms. The van der Waals surface area contributed by atoms with Gasteiger partial charge in [0.05, 0.1) is 18.2 Å². The highest BCUT2D eigenvalue weighted by molar-refractivity contribution is 9.10. The maximum absolute atomic E-state index is 14.0. The van der Waals surface area contributed by atoms with Crippen LogP contribution in [0.4, 0.5) is 4.39 Å². The first kappa shape index (κ1) is 14.2. The molecule has 3 atom stereocenters. The minimum atomic E-state index is -0.576. The fraction of sp³-hybridized carbons (Fsp3) is 0.500. The van der Waals surface area contributed by atoms with E-state index in [9.17, 15) is 9.50 Å². The molecule has 0 spiro atoms. The Hall–Kier alpha value is -0.200. The maximum Gasteiger partial charge on any atom is 0.128 e. The van der Waals surface area contributed by atoms with Gasteiger partial charge in [-0.15, -0.1) is 12.4 Å². The Labute approximate surface area is 119 Å². The number of fused-ring (bicyclic) bond motifs is 1. The van der Waals surface area contributed by atoms with Crippen molar-refractivity contribution in [2.24, 2.45) is 5.92 Å².